The molecule has 150 valence electrons. The van der Waals surface area contributed by atoms with Crippen LogP contribution in [0, 0.1) is 0 Å². The zero-order valence-electron chi connectivity index (χ0n) is 15.9. The Balaban J connectivity index is 2.47. The van der Waals surface area contributed by atoms with Gasteiger partial charge in [-0.3, -0.25) is 4.79 Å². The van der Waals surface area contributed by atoms with Gasteiger partial charge in [-0.05, 0) is 43.7 Å². The van der Waals surface area contributed by atoms with E-state index in [0.29, 0.717) is 0 Å². The maximum atomic E-state index is 13.0. The molecule has 0 aliphatic heterocycles. The van der Waals surface area contributed by atoms with Gasteiger partial charge in [0.05, 0.1) is 15.9 Å². The van der Waals surface area contributed by atoms with Gasteiger partial charge in [0.25, 0.3) is 0 Å². The molecule has 8 heteroatoms. The van der Waals surface area contributed by atoms with Crippen molar-refractivity contribution in [3.63, 3.8) is 0 Å². The molecule has 28 heavy (non-hydrogen) atoms. The van der Waals surface area contributed by atoms with Gasteiger partial charge in [0, 0.05) is 13.3 Å². The molecule has 0 aromatic heterocycles. The molecule has 0 aliphatic rings. The van der Waals surface area contributed by atoms with Gasteiger partial charge >= 0.3 is 5.97 Å². The number of carbonyl (C=O) groups excluding carboxylic acids is 2. The molecule has 0 saturated heterocycles. The predicted octanol–water partition coefficient (Wildman–Crippen LogP) is 2.22. The van der Waals surface area contributed by atoms with Gasteiger partial charge in [-0.15, -0.1) is 0 Å². The summed E-state index contributed by atoms with van der Waals surface area (Å²) < 4.78 is 31.3. The van der Waals surface area contributed by atoms with Crippen LogP contribution in [-0.4, -0.2) is 37.5 Å². The molecule has 7 nitrogen and oxygen atoms in total. The Morgan fingerprint density at radius 2 is 1.75 bits per heavy atom. The molecule has 0 saturated carbocycles. The summed E-state index contributed by atoms with van der Waals surface area (Å²) in [6, 6.07) is 10.6. The van der Waals surface area contributed by atoms with E-state index in [0.717, 1.165) is 6.07 Å². The molecule has 0 spiro atoms. The number of hydrogen-bond donors (Lipinski definition) is 2. The number of hydrogen-bond acceptors (Lipinski definition) is 6. The third kappa shape index (κ3) is 5.32. The molecule has 1 amide bonds. The Bertz CT molecular complexity index is 954. The van der Waals surface area contributed by atoms with Crippen LogP contribution < -0.4 is 5.32 Å². The summed E-state index contributed by atoms with van der Waals surface area (Å²) in [5.41, 5.74) is 0.279. The van der Waals surface area contributed by atoms with Crippen LogP contribution in [0.3, 0.4) is 0 Å². The van der Waals surface area contributed by atoms with E-state index in [1.165, 1.54) is 31.2 Å². The van der Waals surface area contributed by atoms with Gasteiger partial charge in [0.1, 0.15) is 11.8 Å². The van der Waals surface area contributed by atoms with Gasteiger partial charge in [-0.25, -0.2) is 13.2 Å². The van der Waals surface area contributed by atoms with Crippen molar-refractivity contribution in [2.24, 2.45) is 0 Å². The highest BCUT2D eigenvalue weighted by atomic mass is 32.2. The van der Waals surface area contributed by atoms with Crippen molar-refractivity contribution in [3.05, 3.63) is 54.1 Å². The van der Waals surface area contributed by atoms with Crippen LogP contribution in [0.4, 0.5) is 0 Å². The highest BCUT2D eigenvalue weighted by Gasteiger charge is 2.27. The minimum Gasteiger partial charge on any atom is -0.508 e. The van der Waals surface area contributed by atoms with Crippen LogP contribution in [0.25, 0.3) is 0 Å². The van der Waals surface area contributed by atoms with Crippen molar-refractivity contribution in [2.75, 3.05) is 0 Å². The highest BCUT2D eigenvalue weighted by molar-refractivity contribution is 7.91. The fourth-order valence-electron chi connectivity index (χ4n) is 2.66. The lowest BCUT2D eigenvalue weighted by molar-refractivity contribution is -0.151. The molecular formula is C20H23NO6S. The Morgan fingerprint density at radius 1 is 1.11 bits per heavy atom. The molecule has 0 radical (unpaired) electrons. The van der Waals surface area contributed by atoms with Crippen molar-refractivity contribution in [2.45, 2.75) is 49.1 Å². The molecule has 1 atom stereocenters. The average Bonchev–Trinajstić information content (AvgIpc) is 2.62. The lowest BCUT2D eigenvalue weighted by Crippen LogP contribution is -2.43. The summed E-state index contributed by atoms with van der Waals surface area (Å²) in [5, 5.41) is 12.3. The van der Waals surface area contributed by atoms with Crippen molar-refractivity contribution < 1.29 is 27.9 Å². The van der Waals surface area contributed by atoms with Gasteiger partial charge < -0.3 is 15.2 Å². The van der Waals surface area contributed by atoms with Crippen LogP contribution in [0.2, 0.25) is 0 Å². The lowest BCUT2D eigenvalue weighted by Gasteiger charge is -2.20. The first kappa shape index (κ1) is 21.4. The number of amides is 1. The third-order valence-corrected chi connectivity index (χ3v) is 5.68. The molecule has 2 aromatic carbocycles. The second-order valence-corrected chi connectivity index (χ2v) is 8.47. The van der Waals surface area contributed by atoms with E-state index in [-0.39, 0.29) is 27.5 Å². The van der Waals surface area contributed by atoms with Crippen LogP contribution in [0.5, 0.6) is 5.75 Å². The van der Waals surface area contributed by atoms with E-state index >= 15 is 0 Å². The van der Waals surface area contributed by atoms with E-state index < -0.39 is 33.9 Å². The Labute approximate surface area is 164 Å². The third-order valence-electron chi connectivity index (χ3n) is 3.83. The number of nitrogens with one attached hydrogen (secondary N) is 1. The number of aromatic hydroxyl groups is 1. The van der Waals surface area contributed by atoms with Crippen molar-refractivity contribution in [1.29, 1.82) is 0 Å². The van der Waals surface area contributed by atoms with Gasteiger partial charge in [-0.2, -0.15) is 0 Å². The van der Waals surface area contributed by atoms with E-state index in [2.05, 4.69) is 5.32 Å². The fraction of sp³-hybridized carbons (Fsp3) is 0.300. The summed E-state index contributed by atoms with van der Waals surface area (Å²) in [6.07, 6.45) is -0.497. The van der Waals surface area contributed by atoms with Crippen LogP contribution in [-0.2, 0) is 30.6 Å². The zero-order chi connectivity index (χ0) is 20.9. The normalized spacial score (nSPS) is 12.4. The maximum Gasteiger partial charge on any atom is 0.329 e. The summed E-state index contributed by atoms with van der Waals surface area (Å²) in [5.74, 6) is -1.34. The molecule has 2 N–H and O–H groups in total. The standard InChI is InChI=1S/C20H23NO6S/c1-13(2)27-20(24)18(21-14(3)22)11-15-9-10-16(23)12-19(15)28(25,26)17-7-5-4-6-8-17/h4-10,12-13,18,23H,11H2,1-3H3,(H,21,22)/t18-/m0/s1. The number of esters is 1. The van der Waals surface area contributed by atoms with Crippen molar-refractivity contribution in [1.82, 2.24) is 5.32 Å². The molecular weight excluding hydrogens is 382 g/mol. The SMILES string of the molecule is CC(=O)N[C@@H](Cc1ccc(O)cc1S(=O)(=O)c1ccccc1)C(=O)OC(C)C. The summed E-state index contributed by atoms with van der Waals surface area (Å²) >= 11 is 0. The summed E-state index contributed by atoms with van der Waals surface area (Å²) in [4.78, 5) is 23.8. The molecule has 2 aromatic rings. The molecule has 2 rings (SSSR count). The van der Waals surface area contributed by atoms with Crippen LogP contribution in [0.1, 0.15) is 26.3 Å². The Hall–Kier alpha value is -2.87. The molecule has 0 unspecified atom stereocenters. The number of benzene rings is 2. The predicted molar refractivity (Wildman–Crippen MR) is 103 cm³/mol. The highest BCUT2D eigenvalue weighted by Crippen LogP contribution is 2.28. The van der Waals surface area contributed by atoms with Gasteiger partial charge in [-0.1, -0.05) is 24.3 Å². The van der Waals surface area contributed by atoms with Crippen LogP contribution in [0.15, 0.2) is 58.3 Å². The van der Waals surface area contributed by atoms with E-state index in [4.69, 9.17) is 4.74 Å². The molecule has 0 aliphatic carbocycles. The lowest BCUT2D eigenvalue weighted by atomic mass is 10.1. The first-order chi connectivity index (χ1) is 13.1. The number of carbonyl (C=O) groups is 2. The van der Waals surface area contributed by atoms with E-state index in [1.54, 1.807) is 32.0 Å². The average molecular weight is 405 g/mol. The number of phenolic OH excluding ortho intramolecular Hbond substituents is 1. The van der Waals surface area contributed by atoms with E-state index in [1.807, 2.05) is 0 Å². The first-order valence-electron chi connectivity index (χ1n) is 8.71. The molecule has 0 heterocycles. The maximum absolute atomic E-state index is 13.0. The van der Waals surface area contributed by atoms with Gasteiger partial charge in [0.15, 0.2) is 0 Å². The zero-order valence-corrected chi connectivity index (χ0v) is 16.7. The quantitative estimate of drug-likeness (QED) is 0.684. The largest absolute Gasteiger partial charge is 0.508 e. The molecule has 0 fully saturated rings. The van der Waals surface area contributed by atoms with Crippen molar-refractivity contribution >= 4 is 21.7 Å². The summed E-state index contributed by atoms with van der Waals surface area (Å²) in [7, 11) is -3.94. The number of ether oxygens (including phenoxy) is 1. The number of rotatable bonds is 7. The summed E-state index contributed by atoms with van der Waals surface area (Å²) in [6.45, 7) is 4.61. The number of phenols is 1. The second kappa shape index (κ2) is 8.88. The minimum atomic E-state index is -3.94. The first-order valence-corrected chi connectivity index (χ1v) is 10.2. The monoisotopic (exact) mass is 405 g/mol. The number of sulfone groups is 1. The molecule has 0 bridgehead atoms. The van der Waals surface area contributed by atoms with Crippen molar-refractivity contribution in [3.8, 4) is 5.75 Å². The Morgan fingerprint density at radius 3 is 2.32 bits per heavy atom. The van der Waals surface area contributed by atoms with Gasteiger partial charge in [0.2, 0.25) is 15.7 Å². The topological polar surface area (TPSA) is 110 Å². The Kier molecular flexibility index (Phi) is 6.80. The smallest absolute Gasteiger partial charge is 0.329 e. The van der Waals surface area contributed by atoms with Crippen LogP contribution >= 0.6 is 0 Å². The minimum absolute atomic E-state index is 0.0580. The van der Waals surface area contributed by atoms with E-state index in [9.17, 15) is 23.1 Å². The fourth-order valence-corrected chi connectivity index (χ4v) is 4.20. The second-order valence-electron chi connectivity index (χ2n) is 6.55.